The van der Waals surface area contributed by atoms with Gasteiger partial charge in [0.05, 0.1) is 52.3 Å². The maximum Gasteiger partial charge on any atom is 0.223 e. The highest BCUT2D eigenvalue weighted by Crippen LogP contribution is 2.36. The molecule has 324 valence electrons. The van der Waals surface area contributed by atoms with Crippen LogP contribution in [-0.4, -0.2) is 106 Å². The average molecular weight is 824 g/mol. The van der Waals surface area contributed by atoms with E-state index in [1.807, 2.05) is 49.4 Å². The van der Waals surface area contributed by atoms with Gasteiger partial charge in [0.15, 0.2) is 5.78 Å². The molecule has 2 atom stereocenters. The van der Waals surface area contributed by atoms with E-state index in [4.69, 9.17) is 23.7 Å². The van der Waals surface area contributed by atoms with Crippen LogP contribution in [0.5, 0.6) is 5.75 Å². The second kappa shape index (κ2) is 25.2. The van der Waals surface area contributed by atoms with Crippen LogP contribution >= 0.6 is 0 Å². The van der Waals surface area contributed by atoms with Crippen LogP contribution in [0.15, 0.2) is 79.0 Å². The molecular formula is C49H65N3O8. The maximum absolute atomic E-state index is 13.8. The fourth-order valence-electron chi connectivity index (χ4n) is 7.54. The molecule has 4 aromatic rings. The summed E-state index contributed by atoms with van der Waals surface area (Å²) in [6.07, 6.45) is 5.77. The summed E-state index contributed by atoms with van der Waals surface area (Å²) >= 11 is 0. The molecule has 1 saturated heterocycles. The lowest BCUT2D eigenvalue weighted by molar-refractivity contribution is -0.137. The Morgan fingerprint density at radius 1 is 0.800 bits per heavy atom. The third-order valence-corrected chi connectivity index (χ3v) is 10.7. The van der Waals surface area contributed by atoms with Crippen molar-refractivity contribution in [3.05, 3.63) is 90.1 Å². The van der Waals surface area contributed by atoms with Crippen LogP contribution in [0.25, 0.3) is 21.9 Å². The van der Waals surface area contributed by atoms with Gasteiger partial charge in [-0.2, -0.15) is 0 Å². The van der Waals surface area contributed by atoms with Gasteiger partial charge in [-0.3, -0.25) is 9.59 Å². The van der Waals surface area contributed by atoms with E-state index in [1.54, 1.807) is 18.0 Å². The molecule has 11 heteroatoms. The standard InChI is InChI=1S/C49H65N3O8/c1-36(2)20-24-56-25-26-57-27-28-58-29-30-59-31-32-60-47-18-17-42(43-9-5-6-10-44(43)47)40-15-13-39(14-16-40)41(34-38(4)53)35-46(54)45-11-8-23-52(45)49(55)12-7-21-50-48-33-37(3)19-22-51-48/h5-6,9-10,13-19,22,33,36,41,45H,7-8,11-12,20-21,23-32,34-35H2,1-4H3,(H,50,51)/t41-,45-/m1/s1. The van der Waals surface area contributed by atoms with Gasteiger partial charge < -0.3 is 38.7 Å². The number of benzene rings is 3. The molecule has 0 unspecified atom stereocenters. The molecule has 1 fully saturated rings. The third kappa shape index (κ3) is 15.1. The summed E-state index contributed by atoms with van der Waals surface area (Å²) < 4.78 is 28.6. The monoisotopic (exact) mass is 823 g/mol. The first kappa shape index (κ1) is 46.4. The van der Waals surface area contributed by atoms with Crippen molar-refractivity contribution in [1.82, 2.24) is 9.88 Å². The van der Waals surface area contributed by atoms with Crippen LogP contribution in [0, 0.1) is 12.8 Å². The molecule has 1 N–H and O–H groups in total. The quantitative estimate of drug-likeness (QED) is 0.0557. The molecule has 0 saturated carbocycles. The number of likely N-dealkylation sites (tertiary alicyclic amines) is 1. The van der Waals surface area contributed by atoms with E-state index in [1.165, 1.54) is 0 Å². The minimum absolute atomic E-state index is 0.00216. The summed E-state index contributed by atoms with van der Waals surface area (Å²) in [5.41, 5.74) is 4.15. The Bertz CT molecular complexity index is 1930. The first-order valence-corrected chi connectivity index (χ1v) is 21.7. The number of nitrogens with zero attached hydrogens (tertiary/aromatic N) is 2. The Morgan fingerprint density at radius 3 is 2.13 bits per heavy atom. The molecule has 0 radical (unpaired) electrons. The van der Waals surface area contributed by atoms with Gasteiger partial charge in [-0.15, -0.1) is 0 Å². The predicted octanol–water partition coefficient (Wildman–Crippen LogP) is 8.61. The number of amides is 1. The van der Waals surface area contributed by atoms with Crippen molar-refractivity contribution >= 4 is 34.1 Å². The minimum atomic E-state index is -0.448. The van der Waals surface area contributed by atoms with Gasteiger partial charge in [0, 0.05) is 50.5 Å². The zero-order chi connectivity index (χ0) is 42.5. The van der Waals surface area contributed by atoms with E-state index in [0.717, 1.165) is 64.0 Å². The lowest BCUT2D eigenvalue weighted by Crippen LogP contribution is -2.41. The number of anilines is 1. The van der Waals surface area contributed by atoms with Gasteiger partial charge in [-0.05, 0) is 97.2 Å². The number of fused-ring (bicyclic) bond motifs is 1. The highest BCUT2D eigenvalue weighted by Gasteiger charge is 2.35. The van der Waals surface area contributed by atoms with Gasteiger partial charge in [-0.25, -0.2) is 4.98 Å². The molecule has 5 rings (SSSR count). The fraction of sp³-hybridized carbons (Fsp3) is 0.510. The van der Waals surface area contributed by atoms with Crippen molar-refractivity contribution in [2.24, 2.45) is 5.92 Å². The summed E-state index contributed by atoms with van der Waals surface area (Å²) in [5, 5.41) is 5.34. The van der Waals surface area contributed by atoms with Gasteiger partial charge in [0.2, 0.25) is 5.91 Å². The van der Waals surface area contributed by atoms with Crippen LogP contribution in [0.4, 0.5) is 5.82 Å². The van der Waals surface area contributed by atoms with Crippen molar-refractivity contribution in [3.8, 4) is 16.9 Å². The highest BCUT2D eigenvalue weighted by molar-refractivity contribution is 6.00. The Labute approximate surface area is 356 Å². The average Bonchev–Trinajstić information content (AvgIpc) is 3.74. The number of carbonyl (C=O) groups is 3. The molecule has 1 amide bonds. The van der Waals surface area contributed by atoms with E-state index >= 15 is 0 Å². The largest absolute Gasteiger partial charge is 0.491 e. The predicted molar refractivity (Wildman–Crippen MR) is 237 cm³/mol. The van der Waals surface area contributed by atoms with E-state index in [-0.39, 0.29) is 36.2 Å². The maximum atomic E-state index is 13.8. The van der Waals surface area contributed by atoms with Gasteiger partial charge >= 0.3 is 0 Å². The van der Waals surface area contributed by atoms with Crippen LogP contribution < -0.4 is 10.1 Å². The number of nitrogens with one attached hydrogen (secondary N) is 1. The number of rotatable bonds is 28. The molecule has 0 bridgehead atoms. The highest BCUT2D eigenvalue weighted by atomic mass is 16.6. The van der Waals surface area contributed by atoms with Gasteiger partial charge in [-0.1, -0.05) is 68.4 Å². The zero-order valence-corrected chi connectivity index (χ0v) is 36.1. The smallest absolute Gasteiger partial charge is 0.223 e. The molecule has 1 aliphatic rings. The van der Waals surface area contributed by atoms with Crippen molar-refractivity contribution in [3.63, 3.8) is 0 Å². The number of ketones is 2. The number of hydrogen-bond donors (Lipinski definition) is 1. The van der Waals surface area contributed by atoms with E-state index in [2.05, 4.69) is 54.5 Å². The van der Waals surface area contributed by atoms with E-state index < -0.39 is 6.04 Å². The summed E-state index contributed by atoms with van der Waals surface area (Å²) in [6.45, 7) is 14.0. The number of aryl methyl sites for hydroxylation is 1. The second-order valence-electron chi connectivity index (χ2n) is 16.0. The van der Waals surface area contributed by atoms with Crippen molar-refractivity contribution in [2.75, 3.05) is 77.9 Å². The molecule has 60 heavy (non-hydrogen) atoms. The Hall–Kier alpha value is -4.68. The van der Waals surface area contributed by atoms with E-state index in [9.17, 15) is 14.4 Å². The van der Waals surface area contributed by atoms with Crippen LogP contribution in [0.1, 0.15) is 82.8 Å². The lowest BCUT2D eigenvalue weighted by Gasteiger charge is -2.26. The SMILES string of the molecule is CC(=O)C[C@H](CC(=O)[C@H]1CCCN1C(=O)CCCNc1cc(C)ccn1)c1ccc(-c2ccc(OCCOCCOCCOCCOCCC(C)C)c3ccccc23)cc1. The molecular weight excluding hydrogens is 759 g/mol. The molecule has 0 aliphatic carbocycles. The number of Topliss-reactive ketones (excluding diaryl/α,β-unsaturated/α-hetero) is 2. The number of carbonyl (C=O) groups excluding carboxylic acids is 3. The van der Waals surface area contributed by atoms with Crippen molar-refractivity contribution in [2.45, 2.75) is 84.6 Å². The third-order valence-electron chi connectivity index (χ3n) is 10.7. The minimum Gasteiger partial charge on any atom is -0.491 e. The lowest BCUT2D eigenvalue weighted by atomic mass is 9.86. The van der Waals surface area contributed by atoms with Gasteiger partial charge in [0.25, 0.3) is 0 Å². The summed E-state index contributed by atoms with van der Waals surface area (Å²) in [4.78, 5) is 45.6. The first-order valence-electron chi connectivity index (χ1n) is 21.7. The van der Waals surface area contributed by atoms with Crippen LogP contribution in [0.3, 0.4) is 0 Å². The molecule has 11 nitrogen and oxygen atoms in total. The zero-order valence-electron chi connectivity index (χ0n) is 36.1. The molecule has 1 aromatic heterocycles. The van der Waals surface area contributed by atoms with Crippen LogP contribution in [0.2, 0.25) is 0 Å². The first-order chi connectivity index (χ1) is 29.2. The fourth-order valence-corrected chi connectivity index (χ4v) is 7.54. The Morgan fingerprint density at radius 2 is 1.47 bits per heavy atom. The topological polar surface area (TPSA) is 126 Å². The molecule has 2 heterocycles. The van der Waals surface area contributed by atoms with Crippen LogP contribution in [-0.2, 0) is 33.3 Å². The Balaban J connectivity index is 1.08. The number of ether oxygens (including phenoxy) is 5. The van der Waals surface area contributed by atoms with E-state index in [0.29, 0.717) is 91.1 Å². The van der Waals surface area contributed by atoms with Crippen molar-refractivity contribution < 1.29 is 38.1 Å². The summed E-state index contributed by atoms with van der Waals surface area (Å²) in [6, 6.07) is 23.9. The normalized spacial score (nSPS) is 14.5. The summed E-state index contributed by atoms with van der Waals surface area (Å²) in [7, 11) is 0. The summed E-state index contributed by atoms with van der Waals surface area (Å²) in [5.74, 6) is 2.01. The van der Waals surface area contributed by atoms with Gasteiger partial charge in [0.1, 0.15) is 24.0 Å². The molecule has 3 aromatic carbocycles. The second-order valence-corrected chi connectivity index (χ2v) is 16.0. The number of hydrogen-bond acceptors (Lipinski definition) is 10. The molecule has 0 spiro atoms. The Kier molecular flexibility index (Phi) is 19.5. The van der Waals surface area contributed by atoms with Crippen molar-refractivity contribution in [1.29, 1.82) is 0 Å². The molecule has 1 aliphatic heterocycles. The number of pyridine rings is 1. The number of aromatic nitrogens is 1.